The van der Waals surface area contributed by atoms with Crippen LogP contribution in [-0.4, -0.2) is 236 Å². The summed E-state index contributed by atoms with van der Waals surface area (Å²) in [7, 11) is -8.58. The fraction of sp³-hybridized carbons (Fsp3) is 0.248. The number of carbonyl (C=O) groups excluding carboxylic acids is 4. The smallest absolute Gasteiger partial charge is 0.423 e. The van der Waals surface area contributed by atoms with Gasteiger partial charge in [-0.05, 0) is 153 Å². The number of anilines is 2. The number of fused-ring (bicyclic) bond motifs is 6. The van der Waals surface area contributed by atoms with Crippen molar-refractivity contribution >= 4 is 170 Å². The van der Waals surface area contributed by atoms with E-state index in [0.29, 0.717) is 89.3 Å². The summed E-state index contributed by atoms with van der Waals surface area (Å²) in [5.74, 6) is -2.08. The summed E-state index contributed by atoms with van der Waals surface area (Å²) in [5.41, 5.74) is 13.2. The molecule has 0 radical (unpaired) electrons. The van der Waals surface area contributed by atoms with Gasteiger partial charge in [-0.15, -0.1) is 0 Å². The summed E-state index contributed by atoms with van der Waals surface area (Å²) in [6.45, 7) is 2.89. The van der Waals surface area contributed by atoms with Crippen LogP contribution in [0.15, 0.2) is 289 Å². The molecule has 14 aromatic carbocycles. The maximum Gasteiger partial charge on any atom is 0.488 e. The Bertz CT molecular complexity index is 6390. The molecule has 14 aromatic rings. The van der Waals surface area contributed by atoms with Crippen LogP contribution in [-0.2, 0) is 78.5 Å². The van der Waals surface area contributed by atoms with Crippen LogP contribution in [0.5, 0.6) is 0 Å². The lowest BCUT2D eigenvalue weighted by Crippen LogP contribution is -2.50. The van der Waals surface area contributed by atoms with E-state index in [2.05, 4.69) is 81.1 Å². The molecule has 16 rings (SSSR count). The zero-order chi connectivity index (χ0) is 94.8. The Labute approximate surface area is 781 Å². The quantitative estimate of drug-likeness (QED) is 0.0155. The number of nitrogens with two attached hydrogens (primary N) is 1. The molecule has 12 N–H and O–H groups in total. The van der Waals surface area contributed by atoms with E-state index in [-0.39, 0.29) is 83.8 Å². The summed E-state index contributed by atoms with van der Waals surface area (Å²) in [5, 5.41) is 99.1. The van der Waals surface area contributed by atoms with Gasteiger partial charge >= 0.3 is 28.5 Å². The summed E-state index contributed by atoms with van der Waals surface area (Å²) in [6.07, 6.45) is 0.516. The lowest BCUT2D eigenvalue weighted by Gasteiger charge is -2.29. The molecule has 0 unspecified atom stereocenters. The molecule has 4 atom stereocenters. The van der Waals surface area contributed by atoms with Gasteiger partial charge in [-0.1, -0.05) is 250 Å². The highest BCUT2D eigenvalue weighted by atomic mass is 32.2. The summed E-state index contributed by atoms with van der Waals surface area (Å²) in [4.78, 5) is 68.4. The molecule has 2 fully saturated rings. The molecule has 33 heteroatoms. The van der Waals surface area contributed by atoms with E-state index in [9.17, 15) is 76.2 Å². The first kappa shape index (κ1) is 96.3. The van der Waals surface area contributed by atoms with Crippen molar-refractivity contribution in [2.75, 3.05) is 90.3 Å². The summed E-state index contributed by atoms with van der Waals surface area (Å²) >= 11 is 0. The molecule has 2 saturated heterocycles. The van der Waals surface area contributed by atoms with Gasteiger partial charge in [0.15, 0.2) is 0 Å². The zero-order valence-electron chi connectivity index (χ0n) is 75.3. The number of likely N-dealkylation sites (tertiary alicyclic amines) is 2. The number of hydrogen-bond donors (Lipinski definition) is 11. The van der Waals surface area contributed by atoms with E-state index >= 15 is 0 Å². The number of rotatable bonds is 34. The minimum Gasteiger partial charge on any atom is -0.423 e. The van der Waals surface area contributed by atoms with Crippen molar-refractivity contribution in [3.05, 3.63) is 312 Å². The maximum absolute atomic E-state index is 14.9. The minimum absolute atomic E-state index is 0.00946. The number of benzene rings is 14. The van der Waals surface area contributed by atoms with E-state index in [4.69, 9.17) is 5.73 Å². The SMILES string of the molecule is CN(C)c1cccc2c(S(=O)(=O)N(CC(=O)N3C[C@@H](N)C[C@H]3C(=O)NCCN(Cc3ccccc3B(O)O)Cc3c4ccccc4cc4ccccc34)Cc3ccccc3B(O)O)cccc12.C[C@H]1C[C@@H](C(=O)NCCN(Cc2ccccc2B(O)O)Cc2c3ccccc3cc3ccccc23)N(C(=O)CN(Cc2ccccc2B(O)O)S(=O)(=O)c2cccc3c(N(C)C)cccc23)C1. The predicted octanol–water partition coefficient (Wildman–Crippen LogP) is 6.33. The average Bonchev–Trinajstić information content (AvgIpc) is 0.880. The highest BCUT2D eigenvalue weighted by Gasteiger charge is 2.43. The molecule has 2 aliphatic heterocycles. The van der Waals surface area contributed by atoms with E-state index in [1.807, 2.05) is 142 Å². The van der Waals surface area contributed by atoms with Crippen molar-refractivity contribution in [2.45, 2.75) is 87.0 Å². The Morgan fingerprint density at radius 2 is 0.664 bits per heavy atom. The monoisotopic (exact) mass is 1840 g/mol. The van der Waals surface area contributed by atoms with Crippen molar-refractivity contribution < 1.29 is 76.2 Å². The second-order valence-electron chi connectivity index (χ2n) is 34.9. The average molecular weight is 1840 g/mol. The first-order valence-electron chi connectivity index (χ1n) is 44.7. The van der Waals surface area contributed by atoms with Gasteiger partial charge in [0.1, 0.15) is 12.1 Å². The largest absolute Gasteiger partial charge is 0.488 e. The fourth-order valence-electron chi connectivity index (χ4n) is 18.9. The molecule has 2 heterocycles. The number of nitrogens with zero attached hydrogens (tertiary/aromatic N) is 8. The molecule has 134 heavy (non-hydrogen) atoms. The third-order valence-electron chi connectivity index (χ3n) is 25.4. The molecule has 0 aliphatic carbocycles. The fourth-order valence-corrected chi connectivity index (χ4v) is 22.0. The van der Waals surface area contributed by atoms with E-state index in [1.165, 1.54) is 34.1 Å². The van der Waals surface area contributed by atoms with Gasteiger partial charge in [-0.3, -0.25) is 29.0 Å². The van der Waals surface area contributed by atoms with Gasteiger partial charge in [0.2, 0.25) is 43.7 Å². The Kier molecular flexibility index (Phi) is 30.6. The van der Waals surface area contributed by atoms with Gasteiger partial charge in [-0.25, -0.2) is 16.8 Å². The molecule has 0 bridgehead atoms. The second kappa shape index (κ2) is 42.5. The van der Waals surface area contributed by atoms with Gasteiger partial charge < -0.3 is 76.2 Å². The van der Waals surface area contributed by atoms with Crippen LogP contribution in [0.2, 0.25) is 0 Å². The molecular weight excluding hydrogens is 1730 g/mol. The van der Waals surface area contributed by atoms with E-state index in [0.717, 1.165) is 79.8 Å². The summed E-state index contributed by atoms with van der Waals surface area (Å²) < 4.78 is 61.7. The number of nitrogens with one attached hydrogen (secondary N) is 2. The molecule has 0 aromatic heterocycles. The molecular formula is C101H109B4N11O16S2. The first-order chi connectivity index (χ1) is 64.4. The highest BCUT2D eigenvalue weighted by Crippen LogP contribution is 2.38. The molecule has 27 nitrogen and oxygen atoms in total. The normalized spacial score (nSPS) is 15.2. The van der Waals surface area contributed by atoms with Crippen LogP contribution in [0.3, 0.4) is 0 Å². The van der Waals surface area contributed by atoms with Crippen molar-refractivity contribution in [3.8, 4) is 0 Å². The van der Waals surface area contributed by atoms with Crippen LogP contribution in [0.4, 0.5) is 11.4 Å². The van der Waals surface area contributed by atoms with Crippen LogP contribution in [0.25, 0.3) is 64.6 Å². The lowest BCUT2D eigenvalue weighted by molar-refractivity contribution is -0.138. The third-order valence-corrected chi connectivity index (χ3v) is 29.1. The first-order valence-corrected chi connectivity index (χ1v) is 47.6. The Morgan fingerprint density at radius 3 is 1.01 bits per heavy atom. The van der Waals surface area contributed by atoms with Crippen molar-refractivity contribution in [1.82, 2.24) is 38.8 Å². The van der Waals surface area contributed by atoms with Crippen LogP contribution in [0, 0.1) is 5.92 Å². The van der Waals surface area contributed by atoms with Gasteiger partial charge in [-0.2, -0.15) is 8.61 Å². The third kappa shape index (κ3) is 21.6. The molecule has 2 aliphatic rings. The van der Waals surface area contributed by atoms with E-state index in [1.54, 1.807) is 97.1 Å². The predicted molar refractivity (Wildman–Crippen MR) is 531 cm³/mol. The van der Waals surface area contributed by atoms with Crippen molar-refractivity contribution in [3.63, 3.8) is 0 Å². The Balaban J connectivity index is 0.000000204. The van der Waals surface area contributed by atoms with Crippen LogP contribution >= 0.6 is 0 Å². The highest BCUT2D eigenvalue weighted by molar-refractivity contribution is 7.89. The topological polar surface area (TPSA) is 374 Å². The molecule has 4 amide bonds. The lowest BCUT2D eigenvalue weighted by atomic mass is 9.77. The standard InChI is InChI=1S/C51H55B2N5O8S.C50H54B2N6O8S/c1-35-28-48(51(60)54-26-27-56(31-38-16-6-10-22-45(38)52(61)62)33-44-40-18-8-4-14-36(40)29-37-15-5-9-19-41(37)44)58(30-35)50(59)34-57(32-39-17-7-11-23-46(39)53(63)64)67(65,66)49-25-13-20-42-43(49)21-12-24-47(42)55(2)3;1-55(2)46-23-11-20-42-41(46)19-12-24-48(42)67(65,66)57(30-37-16-6-10-22-45(37)52(63)64)33-49(59)58-31-38(53)28-47(58)50(60)54-25-26-56(29-36-15-5-9-21-44(36)51(61)62)32-43-39-17-7-3-13-34(39)27-35-14-4-8-18-40(35)43/h4-25,29,35,48,61-64H,26-28,30-34H2,1-3H3,(H,54,60);3-24,27,38,47,61-64H,25-26,28-33,53H2,1-2H3,(H,54,60)/t35-,48-;38-,47-/m00/s1. The second-order valence-corrected chi connectivity index (χ2v) is 38.8. The van der Waals surface area contributed by atoms with E-state index < -0.39 is 97.5 Å². The number of amides is 4. The number of sulfonamides is 2. The van der Waals surface area contributed by atoms with Gasteiger partial charge in [0.05, 0.1) is 22.9 Å². The Morgan fingerprint density at radius 1 is 0.366 bits per heavy atom. The van der Waals surface area contributed by atoms with Crippen LogP contribution in [0.1, 0.15) is 53.1 Å². The summed E-state index contributed by atoms with van der Waals surface area (Å²) in [6, 6.07) is 82.3. The molecule has 0 spiro atoms. The minimum atomic E-state index is -4.46. The van der Waals surface area contributed by atoms with Gasteiger partial charge in [0.25, 0.3) is 0 Å². The Hall–Kier alpha value is -12.2. The number of hydrogen-bond acceptors (Lipinski definition) is 21. The van der Waals surface area contributed by atoms with Gasteiger partial charge in [0, 0.05) is 146 Å². The number of carbonyl (C=O) groups is 4. The molecule has 688 valence electrons. The van der Waals surface area contributed by atoms with Crippen molar-refractivity contribution in [1.29, 1.82) is 0 Å². The van der Waals surface area contributed by atoms with Crippen LogP contribution < -0.4 is 48.0 Å². The maximum atomic E-state index is 14.9. The van der Waals surface area contributed by atoms with Crippen molar-refractivity contribution in [2.24, 2.45) is 11.7 Å². The zero-order valence-corrected chi connectivity index (χ0v) is 76.9. The molecule has 0 saturated carbocycles.